The van der Waals surface area contributed by atoms with Crippen LogP contribution in [0.5, 0.6) is 0 Å². The molecule has 8 heteroatoms. The number of aromatic nitrogens is 5. The van der Waals surface area contributed by atoms with Gasteiger partial charge in [-0.3, -0.25) is 4.79 Å². The highest BCUT2D eigenvalue weighted by molar-refractivity contribution is 5.66. The van der Waals surface area contributed by atoms with E-state index in [0.717, 1.165) is 18.5 Å². The lowest BCUT2D eigenvalue weighted by Crippen LogP contribution is -2.02. The van der Waals surface area contributed by atoms with E-state index in [9.17, 15) is 4.79 Å². The topological polar surface area (TPSA) is 107 Å². The van der Waals surface area contributed by atoms with Crippen LogP contribution in [0.15, 0.2) is 10.7 Å². The lowest BCUT2D eigenvalue weighted by molar-refractivity contribution is -0.137. The maximum atomic E-state index is 10.4. The van der Waals surface area contributed by atoms with Crippen molar-refractivity contribution < 1.29 is 14.4 Å². The van der Waals surface area contributed by atoms with Gasteiger partial charge in [-0.25, -0.2) is 4.68 Å². The number of aryl methyl sites for hydroxylation is 2. The Labute approximate surface area is 109 Å². The fraction of sp³-hybridized carbons (Fsp3) is 0.545. The predicted molar refractivity (Wildman–Crippen MR) is 63.3 cm³/mol. The molecule has 1 N–H and O–H groups in total. The van der Waals surface area contributed by atoms with Crippen molar-refractivity contribution in [3.8, 4) is 0 Å². The summed E-state index contributed by atoms with van der Waals surface area (Å²) < 4.78 is 6.50. The molecule has 8 nitrogen and oxygen atoms in total. The molecule has 0 aromatic carbocycles. The normalized spacial score (nSPS) is 10.8. The lowest BCUT2D eigenvalue weighted by atomic mass is 10.1. The zero-order valence-electron chi connectivity index (χ0n) is 10.6. The quantitative estimate of drug-likeness (QED) is 0.738. The van der Waals surface area contributed by atoms with Gasteiger partial charge in [0.15, 0.2) is 5.82 Å². The van der Waals surface area contributed by atoms with Gasteiger partial charge < -0.3 is 9.63 Å². The Hall–Kier alpha value is -2.25. The molecule has 102 valence electrons. The molecule has 0 saturated heterocycles. The van der Waals surface area contributed by atoms with Gasteiger partial charge in [0.25, 0.3) is 0 Å². The molecule has 19 heavy (non-hydrogen) atoms. The first-order chi connectivity index (χ1) is 9.13. The molecule has 0 bridgehead atoms. The van der Waals surface area contributed by atoms with E-state index >= 15 is 0 Å². The predicted octanol–water partition coefficient (Wildman–Crippen LogP) is 0.815. The number of carbonyl (C=O) groups is 1. The summed E-state index contributed by atoms with van der Waals surface area (Å²) in [5.41, 5.74) is 0.839. The SMILES string of the molecule is Cc1nc(Cn2cc(CCCCC(=O)O)nn2)no1. The Bertz CT molecular complexity index is 548. The van der Waals surface area contributed by atoms with Gasteiger partial charge in [0, 0.05) is 19.5 Å². The second-order valence-electron chi connectivity index (χ2n) is 4.24. The van der Waals surface area contributed by atoms with Gasteiger partial charge in [0.05, 0.1) is 5.69 Å². The number of carboxylic acids is 1. The summed E-state index contributed by atoms with van der Waals surface area (Å²) in [6.45, 7) is 2.14. The molecule has 2 rings (SSSR count). The Balaban J connectivity index is 1.80. The zero-order chi connectivity index (χ0) is 13.7. The van der Waals surface area contributed by atoms with Crippen LogP contribution in [0.2, 0.25) is 0 Å². The van der Waals surface area contributed by atoms with E-state index in [1.807, 2.05) is 6.20 Å². The van der Waals surface area contributed by atoms with Gasteiger partial charge in [-0.15, -0.1) is 5.10 Å². The summed E-state index contributed by atoms with van der Waals surface area (Å²) in [7, 11) is 0. The van der Waals surface area contributed by atoms with Crippen LogP contribution < -0.4 is 0 Å². The fourth-order valence-corrected chi connectivity index (χ4v) is 1.66. The van der Waals surface area contributed by atoms with Crippen LogP contribution in [0.1, 0.15) is 36.7 Å². The monoisotopic (exact) mass is 265 g/mol. The van der Waals surface area contributed by atoms with Crippen LogP contribution in [-0.2, 0) is 17.8 Å². The molecular weight excluding hydrogens is 250 g/mol. The largest absolute Gasteiger partial charge is 0.481 e. The first-order valence-corrected chi connectivity index (χ1v) is 6.03. The van der Waals surface area contributed by atoms with E-state index < -0.39 is 5.97 Å². The van der Waals surface area contributed by atoms with Crippen LogP contribution in [0.3, 0.4) is 0 Å². The number of unbranched alkanes of at least 4 members (excludes halogenated alkanes) is 1. The molecule has 2 aromatic heterocycles. The van der Waals surface area contributed by atoms with Crippen LogP contribution in [0.25, 0.3) is 0 Å². The Kier molecular flexibility index (Phi) is 4.22. The average molecular weight is 265 g/mol. The van der Waals surface area contributed by atoms with E-state index in [4.69, 9.17) is 9.63 Å². The van der Waals surface area contributed by atoms with Crippen molar-refractivity contribution in [3.05, 3.63) is 23.6 Å². The van der Waals surface area contributed by atoms with E-state index in [1.54, 1.807) is 11.6 Å². The number of nitrogens with zero attached hydrogens (tertiary/aromatic N) is 5. The molecule has 0 spiro atoms. The molecule has 0 fully saturated rings. The Morgan fingerprint density at radius 3 is 3.00 bits per heavy atom. The minimum absolute atomic E-state index is 0.191. The van der Waals surface area contributed by atoms with Gasteiger partial charge in [-0.1, -0.05) is 10.4 Å². The van der Waals surface area contributed by atoms with Gasteiger partial charge in [-0.2, -0.15) is 4.98 Å². The third-order valence-corrected chi connectivity index (χ3v) is 2.53. The number of hydrogen-bond acceptors (Lipinski definition) is 6. The molecule has 0 unspecified atom stereocenters. The highest BCUT2D eigenvalue weighted by atomic mass is 16.5. The minimum Gasteiger partial charge on any atom is -0.481 e. The number of rotatable bonds is 7. The summed E-state index contributed by atoms with van der Waals surface area (Å²) in [5, 5.41) is 20.3. The smallest absolute Gasteiger partial charge is 0.303 e. The summed E-state index contributed by atoms with van der Waals surface area (Å²) in [5.74, 6) is 0.306. The standard InChI is InChI=1S/C11H15N5O3/c1-8-12-10(14-19-8)7-16-6-9(13-15-16)4-2-3-5-11(17)18/h6H,2-5,7H2,1H3,(H,17,18). The van der Waals surface area contributed by atoms with Crippen molar-refractivity contribution in [1.29, 1.82) is 0 Å². The zero-order valence-corrected chi connectivity index (χ0v) is 10.6. The second-order valence-corrected chi connectivity index (χ2v) is 4.24. The third kappa shape index (κ3) is 4.16. The van der Waals surface area contributed by atoms with Crippen LogP contribution in [0, 0.1) is 6.92 Å². The molecule has 0 aliphatic carbocycles. The average Bonchev–Trinajstić information content (AvgIpc) is 2.95. The lowest BCUT2D eigenvalue weighted by Gasteiger charge is -1.95. The second kappa shape index (κ2) is 6.07. The highest BCUT2D eigenvalue weighted by Crippen LogP contribution is 2.04. The third-order valence-electron chi connectivity index (χ3n) is 2.53. The fourth-order valence-electron chi connectivity index (χ4n) is 1.66. The number of hydrogen-bond donors (Lipinski definition) is 1. The van der Waals surface area contributed by atoms with Gasteiger partial charge in [0.1, 0.15) is 6.54 Å². The van der Waals surface area contributed by atoms with Crippen LogP contribution >= 0.6 is 0 Å². The van der Waals surface area contributed by atoms with Crippen LogP contribution in [-0.4, -0.2) is 36.2 Å². The van der Waals surface area contributed by atoms with Crippen molar-refractivity contribution in [2.24, 2.45) is 0 Å². The van der Waals surface area contributed by atoms with Crippen LogP contribution in [0.4, 0.5) is 0 Å². The maximum absolute atomic E-state index is 10.4. The molecule has 0 saturated carbocycles. The molecule has 0 radical (unpaired) electrons. The molecule has 2 aromatic rings. The molecule has 2 heterocycles. The van der Waals surface area contributed by atoms with E-state index in [1.165, 1.54) is 0 Å². The minimum atomic E-state index is -0.767. The molecular formula is C11H15N5O3. The van der Waals surface area contributed by atoms with Gasteiger partial charge in [-0.05, 0) is 19.3 Å². The van der Waals surface area contributed by atoms with Crippen molar-refractivity contribution in [3.63, 3.8) is 0 Å². The van der Waals surface area contributed by atoms with Gasteiger partial charge in [0.2, 0.25) is 5.89 Å². The van der Waals surface area contributed by atoms with Gasteiger partial charge >= 0.3 is 5.97 Å². The molecule has 0 atom stereocenters. The first-order valence-electron chi connectivity index (χ1n) is 6.03. The Morgan fingerprint density at radius 2 is 2.32 bits per heavy atom. The number of aliphatic carboxylic acids is 1. The summed E-state index contributed by atoms with van der Waals surface area (Å²) in [4.78, 5) is 14.4. The summed E-state index contributed by atoms with van der Waals surface area (Å²) >= 11 is 0. The number of carboxylic acid groups (broad SMARTS) is 1. The van der Waals surface area contributed by atoms with E-state index in [2.05, 4.69) is 20.5 Å². The van der Waals surface area contributed by atoms with E-state index in [-0.39, 0.29) is 6.42 Å². The molecule has 0 aliphatic heterocycles. The van der Waals surface area contributed by atoms with E-state index in [0.29, 0.717) is 24.7 Å². The van der Waals surface area contributed by atoms with Crippen molar-refractivity contribution in [2.45, 2.75) is 39.2 Å². The van der Waals surface area contributed by atoms with Crippen molar-refractivity contribution in [2.75, 3.05) is 0 Å². The molecule has 0 aliphatic rings. The summed E-state index contributed by atoms with van der Waals surface area (Å²) in [6.07, 6.45) is 4.15. The highest BCUT2D eigenvalue weighted by Gasteiger charge is 2.06. The van der Waals surface area contributed by atoms with Crippen molar-refractivity contribution >= 4 is 5.97 Å². The van der Waals surface area contributed by atoms with Crippen molar-refractivity contribution in [1.82, 2.24) is 25.1 Å². The Morgan fingerprint density at radius 1 is 1.47 bits per heavy atom. The molecule has 0 amide bonds. The summed E-state index contributed by atoms with van der Waals surface area (Å²) in [6, 6.07) is 0. The first kappa shape index (κ1) is 13.2. The maximum Gasteiger partial charge on any atom is 0.303 e.